The lowest BCUT2D eigenvalue weighted by Crippen LogP contribution is -2.18. The summed E-state index contributed by atoms with van der Waals surface area (Å²) in [6, 6.07) is 14.8. The molecule has 0 aliphatic rings. The zero-order valence-electron chi connectivity index (χ0n) is 16.1. The van der Waals surface area contributed by atoms with E-state index in [-0.39, 0.29) is 10.8 Å². The minimum Gasteiger partial charge on any atom is -0.507 e. The smallest absolute Gasteiger partial charge is 0.177 e. The van der Waals surface area contributed by atoms with E-state index in [0.29, 0.717) is 5.75 Å². The Hall–Kier alpha value is -1.57. The Balaban J connectivity index is 0.000000970. The standard InChI is InChI=1S/C21H28O.H3O2P/c1-20(2,3)17-13-16(12-15-10-8-7-9-11-15)14-18(19(17)22)21(4,5)6;1-3-2/h7-11,13-14,22H,12H2,1-6H3;3H2,(H,1,2). The molecule has 0 aliphatic heterocycles. The fourth-order valence-electron chi connectivity index (χ4n) is 2.77. The molecule has 2 aromatic carbocycles. The molecular formula is C21H31O3P. The van der Waals surface area contributed by atoms with Crippen LogP contribution in [0.25, 0.3) is 0 Å². The maximum atomic E-state index is 10.8. The third kappa shape index (κ3) is 6.34. The zero-order chi connectivity index (χ0) is 19.3. The first-order valence-electron chi connectivity index (χ1n) is 8.49. The van der Waals surface area contributed by atoms with Gasteiger partial charge >= 0.3 is 0 Å². The van der Waals surface area contributed by atoms with E-state index in [1.807, 2.05) is 6.07 Å². The summed E-state index contributed by atoms with van der Waals surface area (Å²) in [6.07, 6.45) is 0.896. The van der Waals surface area contributed by atoms with Gasteiger partial charge in [-0.25, -0.2) is 0 Å². The van der Waals surface area contributed by atoms with Gasteiger partial charge in [-0.3, -0.25) is 4.57 Å². The van der Waals surface area contributed by atoms with Crippen molar-refractivity contribution >= 4 is 8.69 Å². The quantitative estimate of drug-likeness (QED) is 0.720. The van der Waals surface area contributed by atoms with Gasteiger partial charge in [0.25, 0.3) is 0 Å². The molecule has 25 heavy (non-hydrogen) atoms. The van der Waals surface area contributed by atoms with Crippen molar-refractivity contribution < 1.29 is 14.6 Å². The average molecular weight is 362 g/mol. The van der Waals surface area contributed by atoms with Crippen molar-refractivity contribution in [2.75, 3.05) is 0 Å². The van der Waals surface area contributed by atoms with Gasteiger partial charge in [0, 0.05) is 0 Å². The lowest BCUT2D eigenvalue weighted by atomic mass is 9.78. The van der Waals surface area contributed by atoms with E-state index in [0.717, 1.165) is 17.5 Å². The topological polar surface area (TPSA) is 57.5 Å². The SMILES string of the molecule is CC(C)(C)c1cc(Cc2ccccc2)cc(C(C)(C)C)c1O.O=[PH2]O. The molecule has 0 saturated heterocycles. The van der Waals surface area contributed by atoms with Crippen LogP contribution in [0.4, 0.5) is 0 Å². The largest absolute Gasteiger partial charge is 0.507 e. The minimum atomic E-state index is -1.50. The highest BCUT2D eigenvalue weighted by Gasteiger charge is 2.26. The third-order valence-corrected chi connectivity index (χ3v) is 4.04. The molecule has 138 valence electrons. The van der Waals surface area contributed by atoms with Gasteiger partial charge in [-0.2, -0.15) is 0 Å². The Bertz CT molecular complexity index is 660. The molecule has 3 nitrogen and oxygen atoms in total. The van der Waals surface area contributed by atoms with E-state index in [2.05, 4.69) is 77.9 Å². The van der Waals surface area contributed by atoms with Crippen LogP contribution in [0.2, 0.25) is 0 Å². The van der Waals surface area contributed by atoms with Gasteiger partial charge in [0.15, 0.2) is 8.69 Å². The summed E-state index contributed by atoms with van der Waals surface area (Å²) >= 11 is 0. The van der Waals surface area contributed by atoms with Crippen molar-refractivity contribution in [3.8, 4) is 5.75 Å². The lowest BCUT2D eigenvalue weighted by molar-refractivity contribution is 0.423. The number of phenols is 1. The lowest BCUT2D eigenvalue weighted by Gasteiger charge is -2.28. The van der Waals surface area contributed by atoms with Crippen LogP contribution in [-0.2, 0) is 21.8 Å². The molecule has 0 fully saturated rings. The molecule has 0 saturated carbocycles. The Kier molecular flexibility index (Phi) is 7.46. The predicted octanol–water partition coefficient (Wildman–Crippen LogP) is 5.23. The normalized spacial score (nSPS) is 12.1. The Labute approximate surface area is 153 Å². The number of hydrogen-bond donors (Lipinski definition) is 2. The van der Waals surface area contributed by atoms with Crippen molar-refractivity contribution in [2.45, 2.75) is 58.8 Å². The fourth-order valence-corrected chi connectivity index (χ4v) is 2.77. The van der Waals surface area contributed by atoms with E-state index in [1.165, 1.54) is 11.1 Å². The van der Waals surface area contributed by atoms with E-state index in [1.54, 1.807) is 0 Å². The minimum absolute atomic E-state index is 0.0726. The first-order valence-corrected chi connectivity index (χ1v) is 9.48. The maximum Gasteiger partial charge on any atom is 0.177 e. The summed E-state index contributed by atoms with van der Waals surface area (Å²) in [7, 11) is -1.50. The summed E-state index contributed by atoms with van der Waals surface area (Å²) < 4.78 is 8.57. The van der Waals surface area contributed by atoms with Crippen LogP contribution in [0.5, 0.6) is 5.75 Å². The van der Waals surface area contributed by atoms with Crippen LogP contribution >= 0.6 is 8.69 Å². The monoisotopic (exact) mass is 362 g/mol. The van der Waals surface area contributed by atoms with Gasteiger partial charge in [0.1, 0.15) is 5.75 Å². The van der Waals surface area contributed by atoms with E-state index < -0.39 is 8.69 Å². The molecule has 1 unspecified atom stereocenters. The highest BCUT2D eigenvalue weighted by atomic mass is 31.1. The van der Waals surface area contributed by atoms with Crippen LogP contribution in [0.1, 0.15) is 63.8 Å². The van der Waals surface area contributed by atoms with Crippen molar-refractivity contribution in [2.24, 2.45) is 0 Å². The molecule has 0 aliphatic carbocycles. The molecule has 0 heterocycles. The second kappa shape index (κ2) is 8.69. The highest BCUT2D eigenvalue weighted by molar-refractivity contribution is 7.16. The number of benzene rings is 2. The molecule has 0 radical (unpaired) electrons. The van der Waals surface area contributed by atoms with Crippen LogP contribution in [0.3, 0.4) is 0 Å². The van der Waals surface area contributed by atoms with Gasteiger partial charge in [0.05, 0.1) is 0 Å². The van der Waals surface area contributed by atoms with Crippen molar-refractivity contribution in [1.29, 1.82) is 0 Å². The van der Waals surface area contributed by atoms with E-state index in [9.17, 15) is 5.11 Å². The molecule has 2 N–H and O–H groups in total. The maximum absolute atomic E-state index is 10.8. The first kappa shape index (κ1) is 21.5. The highest BCUT2D eigenvalue weighted by Crippen LogP contribution is 2.40. The second-order valence-corrected chi connectivity index (χ2v) is 8.52. The average Bonchev–Trinajstić information content (AvgIpc) is 2.48. The number of phenolic OH excluding ortho intramolecular Hbond substituents is 1. The van der Waals surface area contributed by atoms with Crippen molar-refractivity contribution in [3.63, 3.8) is 0 Å². The molecule has 4 heteroatoms. The summed E-state index contributed by atoms with van der Waals surface area (Å²) in [6.45, 7) is 12.9. The number of rotatable bonds is 2. The van der Waals surface area contributed by atoms with Gasteiger partial charge in [-0.15, -0.1) is 0 Å². The van der Waals surface area contributed by atoms with Crippen LogP contribution < -0.4 is 0 Å². The fraction of sp³-hybridized carbons (Fsp3) is 0.429. The molecular weight excluding hydrogens is 331 g/mol. The Morgan fingerprint density at radius 2 is 1.24 bits per heavy atom. The Morgan fingerprint density at radius 3 is 1.60 bits per heavy atom. The number of aromatic hydroxyl groups is 1. The second-order valence-electron chi connectivity index (χ2n) is 8.31. The zero-order valence-corrected chi connectivity index (χ0v) is 17.3. The molecule has 0 amide bonds. The summed E-state index contributed by atoms with van der Waals surface area (Å²) in [4.78, 5) is 7.10. The summed E-state index contributed by atoms with van der Waals surface area (Å²) in [5.41, 5.74) is 4.48. The Morgan fingerprint density at radius 1 is 0.840 bits per heavy atom. The van der Waals surface area contributed by atoms with Crippen molar-refractivity contribution in [1.82, 2.24) is 0 Å². The molecule has 0 aromatic heterocycles. The molecule has 0 bridgehead atoms. The van der Waals surface area contributed by atoms with E-state index >= 15 is 0 Å². The van der Waals surface area contributed by atoms with Gasteiger partial charge in [-0.05, 0) is 39.5 Å². The summed E-state index contributed by atoms with van der Waals surface area (Å²) in [5, 5.41) is 10.8. The molecule has 0 spiro atoms. The van der Waals surface area contributed by atoms with Gasteiger partial charge in [0.2, 0.25) is 0 Å². The third-order valence-electron chi connectivity index (χ3n) is 4.04. The summed E-state index contributed by atoms with van der Waals surface area (Å²) in [5.74, 6) is 0.455. The van der Waals surface area contributed by atoms with Crippen LogP contribution in [0.15, 0.2) is 42.5 Å². The van der Waals surface area contributed by atoms with Gasteiger partial charge in [-0.1, -0.05) is 84.0 Å². The molecule has 2 rings (SSSR count). The first-order chi connectivity index (χ1) is 11.5. The molecule has 1 atom stereocenters. The van der Waals surface area contributed by atoms with Gasteiger partial charge < -0.3 is 10.00 Å². The van der Waals surface area contributed by atoms with Crippen LogP contribution in [0, 0.1) is 0 Å². The van der Waals surface area contributed by atoms with Crippen molar-refractivity contribution in [3.05, 3.63) is 64.7 Å². The number of hydrogen-bond acceptors (Lipinski definition) is 2. The van der Waals surface area contributed by atoms with E-state index in [4.69, 9.17) is 9.46 Å². The molecule has 2 aromatic rings. The van der Waals surface area contributed by atoms with Crippen LogP contribution in [-0.4, -0.2) is 10.00 Å². The predicted molar refractivity (Wildman–Crippen MR) is 107 cm³/mol.